The minimum atomic E-state index is -2.08. The van der Waals surface area contributed by atoms with Gasteiger partial charge in [-0.05, 0) is 47.9 Å². The molecule has 0 aliphatic carbocycles. The Morgan fingerprint density at radius 1 is 0.769 bits per heavy atom. The summed E-state index contributed by atoms with van der Waals surface area (Å²) in [5.41, 5.74) is 1.40. The van der Waals surface area contributed by atoms with Crippen LogP contribution in [-0.4, -0.2) is 11.3 Å². The fourth-order valence-electron chi connectivity index (χ4n) is 2.51. The van der Waals surface area contributed by atoms with Gasteiger partial charge in [0.25, 0.3) is 0 Å². The average molecular weight is 366 g/mol. The molecule has 3 nitrogen and oxygen atoms in total. The van der Waals surface area contributed by atoms with Crippen molar-refractivity contribution in [2.45, 2.75) is 34.5 Å². The standard InChI is InChI=1S/C21H21S.CH2O3/c1-17(2)18-13-15-21(16-14-18)22(19-9-5-3-6-10-19)20-11-7-4-8-12-20;2-1(3)4/h3-17H,1-2H3;(H2,2,3,4)/q+1;/p-1. The molecule has 0 aromatic heterocycles. The lowest BCUT2D eigenvalue weighted by Gasteiger charge is -2.09. The zero-order chi connectivity index (χ0) is 18.9. The Morgan fingerprint density at radius 3 is 1.46 bits per heavy atom. The van der Waals surface area contributed by atoms with E-state index in [1.165, 1.54) is 20.2 Å². The maximum atomic E-state index is 8.44. The van der Waals surface area contributed by atoms with E-state index in [0.29, 0.717) is 5.92 Å². The van der Waals surface area contributed by atoms with Crippen LogP contribution in [0.3, 0.4) is 0 Å². The van der Waals surface area contributed by atoms with Gasteiger partial charge in [0.15, 0.2) is 14.7 Å². The Morgan fingerprint density at radius 2 is 1.12 bits per heavy atom. The second-order valence-electron chi connectivity index (χ2n) is 5.92. The third kappa shape index (κ3) is 5.67. The van der Waals surface area contributed by atoms with E-state index in [4.69, 9.17) is 15.0 Å². The molecule has 0 aliphatic rings. The van der Waals surface area contributed by atoms with Crippen molar-refractivity contribution in [2.75, 3.05) is 0 Å². The van der Waals surface area contributed by atoms with E-state index in [-0.39, 0.29) is 10.9 Å². The van der Waals surface area contributed by atoms with Gasteiger partial charge >= 0.3 is 0 Å². The molecule has 3 aromatic carbocycles. The van der Waals surface area contributed by atoms with Gasteiger partial charge in [0, 0.05) is 0 Å². The van der Waals surface area contributed by atoms with E-state index >= 15 is 0 Å². The first-order valence-electron chi connectivity index (χ1n) is 8.33. The summed E-state index contributed by atoms with van der Waals surface area (Å²) in [7, 11) is -0.0361. The Bertz CT molecular complexity index is 756. The SMILES string of the molecule is CC(C)c1ccc([S+](c2ccccc2)c2ccccc2)cc1.O=C([O-])O. The zero-order valence-corrected chi connectivity index (χ0v) is 15.6. The molecule has 0 amide bonds. The number of benzene rings is 3. The van der Waals surface area contributed by atoms with Crippen LogP contribution in [0.2, 0.25) is 0 Å². The lowest BCUT2D eigenvalue weighted by atomic mass is 10.0. The number of rotatable bonds is 4. The van der Waals surface area contributed by atoms with Gasteiger partial charge < -0.3 is 15.0 Å². The van der Waals surface area contributed by atoms with E-state index in [0.717, 1.165) is 0 Å². The van der Waals surface area contributed by atoms with Gasteiger partial charge in [-0.1, -0.05) is 62.4 Å². The molecule has 0 heterocycles. The van der Waals surface area contributed by atoms with Crippen LogP contribution >= 0.6 is 0 Å². The van der Waals surface area contributed by atoms with Gasteiger partial charge in [-0.25, -0.2) is 0 Å². The van der Waals surface area contributed by atoms with E-state index in [9.17, 15) is 0 Å². The molecular weight excluding hydrogens is 344 g/mol. The Hall–Kier alpha value is -2.72. The Kier molecular flexibility index (Phi) is 7.30. The van der Waals surface area contributed by atoms with Crippen LogP contribution in [0.25, 0.3) is 0 Å². The zero-order valence-electron chi connectivity index (χ0n) is 14.8. The number of hydrogen-bond acceptors (Lipinski definition) is 2. The van der Waals surface area contributed by atoms with Gasteiger partial charge in [0.1, 0.15) is 0 Å². The summed E-state index contributed by atoms with van der Waals surface area (Å²) in [5, 5.41) is 15.3. The quantitative estimate of drug-likeness (QED) is 0.675. The first-order valence-corrected chi connectivity index (χ1v) is 9.56. The smallest absolute Gasteiger partial charge is 0.249 e. The molecule has 0 bridgehead atoms. The highest BCUT2D eigenvalue weighted by Crippen LogP contribution is 2.31. The molecule has 0 fully saturated rings. The van der Waals surface area contributed by atoms with Gasteiger partial charge in [0.2, 0.25) is 6.16 Å². The van der Waals surface area contributed by atoms with Crippen molar-refractivity contribution in [1.82, 2.24) is 0 Å². The van der Waals surface area contributed by atoms with Crippen LogP contribution in [0.15, 0.2) is 99.6 Å². The highest BCUT2D eigenvalue weighted by Gasteiger charge is 2.28. The molecular formula is C22H22O3S. The summed E-state index contributed by atoms with van der Waals surface area (Å²) in [6, 6.07) is 30.7. The minimum Gasteiger partial charge on any atom is -0.565 e. The first-order chi connectivity index (χ1) is 12.5. The molecule has 3 aromatic rings. The summed E-state index contributed by atoms with van der Waals surface area (Å²) in [6.07, 6.45) is -2.08. The van der Waals surface area contributed by atoms with Gasteiger partial charge in [-0.15, -0.1) is 0 Å². The van der Waals surface area contributed by atoms with Crippen LogP contribution in [-0.2, 0) is 10.9 Å². The molecule has 0 radical (unpaired) electrons. The first kappa shape index (κ1) is 19.6. The van der Waals surface area contributed by atoms with Gasteiger partial charge in [-0.2, -0.15) is 0 Å². The summed E-state index contributed by atoms with van der Waals surface area (Å²) in [6.45, 7) is 4.48. The Balaban J connectivity index is 0.000000552. The summed E-state index contributed by atoms with van der Waals surface area (Å²) >= 11 is 0. The molecule has 26 heavy (non-hydrogen) atoms. The van der Waals surface area contributed by atoms with Crippen molar-refractivity contribution in [1.29, 1.82) is 0 Å². The largest absolute Gasteiger partial charge is 0.565 e. The highest BCUT2D eigenvalue weighted by atomic mass is 32.2. The van der Waals surface area contributed by atoms with Crippen LogP contribution in [0.1, 0.15) is 25.3 Å². The normalized spacial score (nSPS) is 10.3. The molecule has 0 saturated heterocycles. The van der Waals surface area contributed by atoms with Crippen molar-refractivity contribution in [3.05, 3.63) is 90.5 Å². The second kappa shape index (κ2) is 9.68. The van der Waals surface area contributed by atoms with Crippen LogP contribution < -0.4 is 5.11 Å². The molecule has 0 spiro atoms. The van der Waals surface area contributed by atoms with E-state index in [1.54, 1.807) is 0 Å². The third-order valence-electron chi connectivity index (χ3n) is 3.74. The Labute approximate surface area is 157 Å². The van der Waals surface area contributed by atoms with Crippen molar-refractivity contribution in [3.8, 4) is 0 Å². The van der Waals surface area contributed by atoms with Crippen molar-refractivity contribution < 1.29 is 15.0 Å². The molecule has 0 atom stereocenters. The second-order valence-corrected chi connectivity index (χ2v) is 7.95. The molecule has 0 saturated carbocycles. The lowest BCUT2D eigenvalue weighted by Crippen LogP contribution is -2.17. The predicted molar refractivity (Wildman–Crippen MR) is 104 cm³/mol. The summed E-state index contributed by atoms with van der Waals surface area (Å²) in [4.78, 5) is 12.6. The number of carbonyl (C=O) groups is 1. The van der Waals surface area contributed by atoms with Crippen LogP contribution in [0, 0.1) is 0 Å². The molecule has 0 unspecified atom stereocenters. The number of hydrogen-bond donors (Lipinski definition) is 1. The topological polar surface area (TPSA) is 60.4 Å². The molecule has 0 aliphatic heterocycles. The molecule has 134 valence electrons. The van der Waals surface area contributed by atoms with Crippen molar-refractivity contribution in [2.24, 2.45) is 0 Å². The number of carboxylic acid groups (broad SMARTS) is 2. The van der Waals surface area contributed by atoms with E-state index in [1.807, 2.05) is 0 Å². The fraction of sp³-hybridized carbons (Fsp3) is 0.136. The van der Waals surface area contributed by atoms with E-state index < -0.39 is 6.16 Å². The van der Waals surface area contributed by atoms with Crippen molar-refractivity contribution >= 4 is 17.1 Å². The summed E-state index contributed by atoms with van der Waals surface area (Å²) in [5.74, 6) is 0.573. The maximum Gasteiger partial charge on any atom is 0.249 e. The van der Waals surface area contributed by atoms with E-state index in [2.05, 4.69) is 98.8 Å². The predicted octanol–water partition coefficient (Wildman–Crippen LogP) is 4.79. The van der Waals surface area contributed by atoms with Crippen molar-refractivity contribution in [3.63, 3.8) is 0 Å². The van der Waals surface area contributed by atoms with Gasteiger partial charge in [-0.3, -0.25) is 0 Å². The molecule has 1 N–H and O–H groups in total. The average Bonchev–Trinajstić information content (AvgIpc) is 2.64. The monoisotopic (exact) mass is 366 g/mol. The molecule has 3 rings (SSSR count). The summed E-state index contributed by atoms with van der Waals surface area (Å²) < 4.78 is 0. The van der Waals surface area contributed by atoms with Crippen LogP contribution in [0.4, 0.5) is 4.79 Å². The lowest BCUT2D eigenvalue weighted by molar-refractivity contribution is -0.275. The molecule has 4 heteroatoms. The maximum absolute atomic E-state index is 8.44. The van der Waals surface area contributed by atoms with Gasteiger partial charge in [0.05, 0.1) is 10.9 Å². The third-order valence-corrected chi connectivity index (χ3v) is 5.97. The minimum absolute atomic E-state index is 0.0361. The fourth-order valence-corrected chi connectivity index (χ4v) is 4.59. The highest BCUT2D eigenvalue weighted by molar-refractivity contribution is 7.97. The van der Waals surface area contributed by atoms with Crippen LogP contribution in [0.5, 0.6) is 0 Å².